The first-order valence-corrected chi connectivity index (χ1v) is 8.46. The Kier molecular flexibility index (Phi) is 6.11. The van der Waals surface area contributed by atoms with Gasteiger partial charge in [-0.15, -0.1) is 0 Å². The van der Waals surface area contributed by atoms with Gasteiger partial charge in [0.05, 0.1) is 17.0 Å². The van der Waals surface area contributed by atoms with Crippen LogP contribution in [-0.4, -0.2) is 33.5 Å². The molecule has 2 rings (SSSR count). The Balaban J connectivity index is 2.10. The predicted molar refractivity (Wildman–Crippen MR) is 87.6 cm³/mol. The van der Waals surface area contributed by atoms with Gasteiger partial charge < -0.3 is 14.3 Å². The van der Waals surface area contributed by atoms with E-state index in [0.717, 1.165) is 0 Å². The maximum atomic E-state index is 11.9. The summed E-state index contributed by atoms with van der Waals surface area (Å²) in [7, 11) is 0. The molecule has 0 bridgehead atoms. The molecule has 1 saturated heterocycles. The number of Topliss-reactive ketones (excluding diaryl/α,β-unsaturated/α-hetero) is 1. The minimum Gasteiger partial charge on any atom is -0.459 e. The fourth-order valence-corrected chi connectivity index (χ4v) is 2.86. The van der Waals surface area contributed by atoms with Crippen LogP contribution in [0, 0.1) is 0 Å². The van der Waals surface area contributed by atoms with Gasteiger partial charge in [-0.25, -0.2) is 4.79 Å². The van der Waals surface area contributed by atoms with E-state index in [1.807, 2.05) is 6.92 Å². The number of hydrogen-bond donors (Lipinski definition) is 1. The summed E-state index contributed by atoms with van der Waals surface area (Å²) in [6.07, 6.45) is 0.921. The molecule has 2 heterocycles. The van der Waals surface area contributed by atoms with E-state index in [-0.39, 0.29) is 29.2 Å². The molecule has 0 amide bonds. The summed E-state index contributed by atoms with van der Waals surface area (Å²) in [4.78, 5) is 48.3. The van der Waals surface area contributed by atoms with Gasteiger partial charge in [-0.05, 0) is 29.3 Å². The minimum atomic E-state index is -0.638. The van der Waals surface area contributed by atoms with Crippen LogP contribution in [0.15, 0.2) is 20.3 Å². The molecule has 3 unspecified atom stereocenters. The number of aromatic nitrogens is 2. The van der Waals surface area contributed by atoms with Gasteiger partial charge in [0.1, 0.15) is 18.1 Å². The molecule has 1 aliphatic rings. The quantitative estimate of drug-likeness (QED) is 0.717. The Morgan fingerprint density at radius 2 is 2.12 bits per heavy atom. The first-order chi connectivity index (χ1) is 11.3. The second kappa shape index (κ2) is 7.89. The van der Waals surface area contributed by atoms with Crippen LogP contribution in [0.25, 0.3) is 0 Å². The van der Waals surface area contributed by atoms with E-state index in [4.69, 9.17) is 9.47 Å². The van der Waals surface area contributed by atoms with Crippen LogP contribution in [0.1, 0.15) is 45.8 Å². The van der Waals surface area contributed by atoms with Crippen LogP contribution in [0.2, 0.25) is 0 Å². The first kappa shape index (κ1) is 18.6. The molecular weight excluding hydrogens is 384 g/mol. The highest BCUT2D eigenvalue weighted by atomic mass is 79.9. The first-order valence-electron chi connectivity index (χ1n) is 7.67. The summed E-state index contributed by atoms with van der Waals surface area (Å²) in [5.41, 5.74) is -1.11. The van der Waals surface area contributed by atoms with Gasteiger partial charge in [0, 0.05) is 19.0 Å². The van der Waals surface area contributed by atoms with Crippen LogP contribution < -0.4 is 11.2 Å². The number of nitrogens with zero attached hydrogens (tertiary/aromatic N) is 1. The van der Waals surface area contributed by atoms with E-state index in [0.29, 0.717) is 12.8 Å². The zero-order valence-corrected chi connectivity index (χ0v) is 15.0. The minimum absolute atomic E-state index is 0.0249. The van der Waals surface area contributed by atoms with Crippen molar-refractivity contribution >= 4 is 27.7 Å². The highest BCUT2D eigenvalue weighted by Gasteiger charge is 2.38. The molecule has 1 N–H and O–H groups in total. The van der Waals surface area contributed by atoms with E-state index >= 15 is 0 Å². The van der Waals surface area contributed by atoms with Crippen LogP contribution >= 0.6 is 15.9 Å². The van der Waals surface area contributed by atoms with Crippen molar-refractivity contribution in [2.24, 2.45) is 0 Å². The van der Waals surface area contributed by atoms with Crippen molar-refractivity contribution in [1.29, 1.82) is 0 Å². The second-order valence-corrected chi connectivity index (χ2v) is 6.50. The molecule has 132 valence electrons. The predicted octanol–water partition coefficient (Wildman–Crippen LogP) is 1.28. The van der Waals surface area contributed by atoms with E-state index in [1.54, 1.807) is 0 Å². The summed E-state index contributed by atoms with van der Waals surface area (Å²) in [5, 5.41) is 0. The summed E-state index contributed by atoms with van der Waals surface area (Å²) >= 11 is 3.07. The lowest BCUT2D eigenvalue weighted by molar-refractivity contribution is -0.152. The molecule has 3 atom stereocenters. The number of nitrogens with one attached hydrogen (secondary N) is 1. The maximum Gasteiger partial charge on any atom is 0.330 e. The van der Waals surface area contributed by atoms with Gasteiger partial charge in [0.25, 0.3) is 5.56 Å². The van der Waals surface area contributed by atoms with Crippen LogP contribution in [0.5, 0.6) is 0 Å². The largest absolute Gasteiger partial charge is 0.459 e. The Labute approximate surface area is 146 Å². The third-order valence-electron chi connectivity index (χ3n) is 3.78. The third kappa shape index (κ3) is 4.41. The van der Waals surface area contributed by atoms with Crippen molar-refractivity contribution in [3.05, 3.63) is 31.5 Å². The van der Waals surface area contributed by atoms with Gasteiger partial charge in [0.15, 0.2) is 0 Å². The number of esters is 1. The van der Waals surface area contributed by atoms with Gasteiger partial charge >= 0.3 is 11.7 Å². The van der Waals surface area contributed by atoms with Crippen molar-refractivity contribution in [2.75, 3.05) is 0 Å². The number of aromatic amines is 1. The number of ether oxygens (including phenoxy) is 2. The van der Waals surface area contributed by atoms with E-state index < -0.39 is 29.6 Å². The Hall–Kier alpha value is -1.74. The number of carbonyl (C=O) groups is 2. The number of H-pyrrole nitrogens is 1. The van der Waals surface area contributed by atoms with Gasteiger partial charge in [0.2, 0.25) is 0 Å². The smallest absolute Gasteiger partial charge is 0.330 e. The number of halogens is 1. The highest BCUT2D eigenvalue weighted by Crippen LogP contribution is 2.32. The SMILES string of the molecule is CCC1OC(n2cc(Br)c(=O)[nH]c2=O)CC1OC(=O)CCC(C)=O. The molecule has 0 aliphatic carbocycles. The molecule has 1 aromatic heterocycles. The van der Waals surface area contributed by atoms with Crippen molar-refractivity contribution in [1.82, 2.24) is 9.55 Å². The lowest BCUT2D eigenvalue weighted by atomic mass is 10.1. The Morgan fingerprint density at radius 3 is 2.75 bits per heavy atom. The molecule has 8 nitrogen and oxygen atoms in total. The lowest BCUT2D eigenvalue weighted by Gasteiger charge is -2.17. The van der Waals surface area contributed by atoms with Crippen LogP contribution in [-0.2, 0) is 19.1 Å². The molecule has 0 saturated carbocycles. The van der Waals surface area contributed by atoms with Crippen molar-refractivity contribution in [3.63, 3.8) is 0 Å². The molecule has 1 fully saturated rings. The normalized spacial score (nSPS) is 23.2. The number of carbonyl (C=O) groups excluding carboxylic acids is 2. The lowest BCUT2D eigenvalue weighted by Crippen LogP contribution is -2.32. The van der Waals surface area contributed by atoms with Crippen molar-refractivity contribution in [2.45, 2.75) is 58.0 Å². The number of rotatable bonds is 6. The second-order valence-electron chi connectivity index (χ2n) is 5.65. The molecular formula is C15H19BrN2O6. The molecule has 24 heavy (non-hydrogen) atoms. The average molecular weight is 403 g/mol. The molecule has 1 aromatic rings. The molecule has 9 heteroatoms. The summed E-state index contributed by atoms with van der Waals surface area (Å²) in [5.74, 6) is -0.544. The molecule has 0 spiro atoms. The number of ketones is 1. The van der Waals surface area contributed by atoms with E-state index in [1.165, 1.54) is 17.7 Å². The topological polar surface area (TPSA) is 107 Å². The highest BCUT2D eigenvalue weighted by molar-refractivity contribution is 9.10. The summed E-state index contributed by atoms with van der Waals surface area (Å²) < 4.78 is 12.7. The monoisotopic (exact) mass is 402 g/mol. The average Bonchev–Trinajstić information content (AvgIpc) is 2.91. The van der Waals surface area contributed by atoms with E-state index in [9.17, 15) is 19.2 Å². The fraction of sp³-hybridized carbons (Fsp3) is 0.600. The van der Waals surface area contributed by atoms with Crippen LogP contribution in [0.3, 0.4) is 0 Å². The van der Waals surface area contributed by atoms with Crippen molar-refractivity contribution < 1.29 is 19.1 Å². The Bertz CT molecular complexity index is 740. The Morgan fingerprint density at radius 1 is 1.42 bits per heavy atom. The van der Waals surface area contributed by atoms with Gasteiger partial charge in [-0.1, -0.05) is 6.92 Å². The maximum absolute atomic E-state index is 11.9. The molecule has 0 radical (unpaired) electrons. The van der Waals surface area contributed by atoms with Gasteiger partial charge in [-0.3, -0.25) is 19.1 Å². The van der Waals surface area contributed by atoms with Crippen LogP contribution in [0.4, 0.5) is 0 Å². The fourth-order valence-electron chi connectivity index (χ4n) is 2.54. The molecule has 1 aliphatic heterocycles. The standard InChI is InChI=1S/C15H19BrN2O6/c1-3-10-11(24-13(20)5-4-8(2)19)6-12(23-10)18-7-9(16)14(21)17-15(18)22/h7,10-12H,3-6H2,1-2H3,(H,17,21,22). The van der Waals surface area contributed by atoms with Crippen molar-refractivity contribution in [3.8, 4) is 0 Å². The molecule has 0 aromatic carbocycles. The van der Waals surface area contributed by atoms with E-state index in [2.05, 4.69) is 20.9 Å². The zero-order valence-electron chi connectivity index (χ0n) is 13.4. The third-order valence-corrected chi connectivity index (χ3v) is 4.35. The zero-order chi connectivity index (χ0) is 17.9. The van der Waals surface area contributed by atoms with Gasteiger partial charge in [-0.2, -0.15) is 0 Å². The summed E-state index contributed by atoms with van der Waals surface area (Å²) in [6.45, 7) is 3.30. The summed E-state index contributed by atoms with van der Waals surface area (Å²) in [6, 6.07) is 0. The number of hydrogen-bond acceptors (Lipinski definition) is 6.